The third-order valence-corrected chi connectivity index (χ3v) is 8.98. The third kappa shape index (κ3) is 4.50. The van der Waals surface area contributed by atoms with Crippen LogP contribution in [0.15, 0.2) is 131 Å². The van der Waals surface area contributed by atoms with Crippen molar-refractivity contribution in [3.05, 3.63) is 165 Å². The number of hydrogen-bond acceptors (Lipinski definition) is 2. The Labute approximate surface area is 254 Å². The zero-order chi connectivity index (χ0) is 30.4. The molecule has 1 unspecified atom stereocenters. The Balaban J connectivity index is 1.88. The lowest BCUT2D eigenvalue weighted by Gasteiger charge is -2.36. The molecule has 0 aliphatic heterocycles. The number of allylic oxidation sites excluding steroid dienone is 4. The van der Waals surface area contributed by atoms with Crippen LogP contribution in [0.4, 0.5) is 4.39 Å². The van der Waals surface area contributed by atoms with Gasteiger partial charge >= 0.3 is 5.97 Å². The molecule has 1 atom stereocenters. The fraction of sp³-hybridized carbons (Fsp3) is 0.225. The minimum atomic E-state index is -0.802. The van der Waals surface area contributed by atoms with E-state index in [-0.39, 0.29) is 18.2 Å². The Hall–Kier alpha value is -4.50. The van der Waals surface area contributed by atoms with Gasteiger partial charge in [0.25, 0.3) is 0 Å². The molecule has 0 heterocycles. The zero-order valence-electron chi connectivity index (χ0n) is 25.5. The number of ether oxygens (including phenoxy) is 1. The van der Waals surface area contributed by atoms with Crippen molar-refractivity contribution in [1.29, 1.82) is 0 Å². The van der Waals surface area contributed by atoms with E-state index in [4.69, 9.17) is 4.74 Å². The maximum absolute atomic E-state index is 14.2. The highest BCUT2D eigenvalue weighted by molar-refractivity contribution is 6.01. The Bertz CT molecular complexity index is 1740. The normalized spacial score (nSPS) is 18.4. The molecule has 4 aromatic carbocycles. The molecule has 3 heteroatoms. The van der Waals surface area contributed by atoms with Crippen LogP contribution in [0.3, 0.4) is 0 Å². The minimum Gasteiger partial charge on any atom is -0.466 e. The Kier molecular flexibility index (Phi) is 7.30. The fourth-order valence-electron chi connectivity index (χ4n) is 7.81. The van der Waals surface area contributed by atoms with Gasteiger partial charge in [0.1, 0.15) is 5.82 Å². The highest BCUT2D eigenvalue weighted by Crippen LogP contribution is 2.70. The first-order chi connectivity index (χ1) is 20.7. The molecule has 1 saturated carbocycles. The van der Waals surface area contributed by atoms with Gasteiger partial charge in [-0.25, -0.2) is 4.39 Å². The molecule has 6 rings (SSSR count). The summed E-state index contributed by atoms with van der Waals surface area (Å²) in [6.45, 7) is 11.1. The lowest BCUT2D eigenvalue weighted by molar-refractivity contribution is -0.144. The summed E-state index contributed by atoms with van der Waals surface area (Å²) in [7, 11) is 0. The van der Waals surface area contributed by atoms with Gasteiger partial charge in [-0.3, -0.25) is 4.79 Å². The summed E-state index contributed by atoms with van der Waals surface area (Å²) in [5, 5.41) is 0. The summed E-state index contributed by atoms with van der Waals surface area (Å²) in [5.41, 5.74) is 10.9. The first-order valence-corrected chi connectivity index (χ1v) is 15.0. The van der Waals surface area contributed by atoms with Gasteiger partial charge in [0.2, 0.25) is 0 Å². The van der Waals surface area contributed by atoms with Crippen LogP contribution < -0.4 is 0 Å². The summed E-state index contributed by atoms with van der Waals surface area (Å²) in [6.07, 6.45) is 0.163. The highest BCUT2D eigenvalue weighted by Gasteiger charge is 2.62. The van der Waals surface area contributed by atoms with Gasteiger partial charge < -0.3 is 4.74 Å². The van der Waals surface area contributed by atoms with E-state index in [1.54, 1.807) is 0 Å². The number of hydrogen-bond donors (Lipinski definition) is 0. The molecule has 1 fully saturated rings. The summed E-state index contributed by atoms with van der Waals surface area (Å²) in [5.74, 6) is -0.512. The molecule has 43 heavy (non-hydrogen) atoms. The number of halogens is 1. The molecule has 2 aliphatic carbocycles. The van der Waals surface area contributed by atoms with E-state index in [1.165, 1.54) is 28.9 Å². The van der Waals surface area contributed by atoms with Crippen LogP contribution in [0.5, 0.6) is 0 Å². The van der Waals surface area contributed by atoms with E-state index in [0.29, 0.717) is 6.61 Å². The second-order valence-electron chi connectivity index (χ2n) is 12.2. The van der Waals surface area contributed by atoms with Crippen molar-refractivity contribution in [1.82, 2.24) is 0 Å². The van der Waals surface area contributed by atoms with Crippen molar-refractivity contribution in [3.8, 4) is 0 Å². The second-order valence-corrected chi connectivity index (χ2v) is 12.2. The predicted molar refractivity (Wildman–Crippen MR) is 173 cm³/mol. The second kappa shape index (κ2) is 11.0. The smallest absolute Gasteiger partial charge is 0.307 e. The average molecular weight is 569 g/mol. The van der Waals surface area contributed by atoms with Crippen molar-refractivity contribution in [2.24, 2.45) is 5.41 Å². The molecule has 216 valence electrons. The van der Waals surface area contributed by atoms with Gasteiger partial charge in [-0.15, -0.1) is 0 Å². The van der Waals surface area contributed by atoms with Crippen molar-refractivity contribution in [3.63, 3.8) is 0 Å². The molecule has 0 bridgehead atoms. The number of esters is 1. The summed E-state index contributed by atoms with van der Waals surface area (Å²) >= 11 is 0. The van der Waals surface area contributed by atoms with Gasteiger partial charge in [0.15, 0.2) is 0 Å². The van der Waals surface area contributed by atoms with Crippen LogP contribution in [0.2, 0.25) is 0 Å². The molecule has 4 aromatic rings. The van der Waals surface area contributed by atoms with Gasteiger partial charge in [-0.2, -0.15) is 0 Å². The van der Waals surface area contributed by atoms with Gasteiger partial charge in [0, 0.05) is 5.41 Å². The van der Waals surface area contributed by atoms with Crippen molar-refractivity contribution < 1.29 is 13.9 Å². The molecular formula is C40H37FO2. The zero-order valence-corrected chi connectivity index (χ0v) is 25.5. The van der Waals surface area contributed by atoms with E-state index >= 15 is 0 Å². The van der Waals surface area contributed by atoms with Crippen LogP contribution in [-0.4, -0.2) is 12.6 Å². The van der Waals surface area contributed by atoms with Crippen molar-refractivity contribution in [2.75, 3.05) is 6.61 Å². The average Bonchev–Trinajstić information content (AvgIpc) is 3.37. The van der Waals surface area contributed by atoms with Crippen molar-refractivity contribution >= 4 is 17.1 Å². The van der Waals surface area contributed by atoms with Gasteiger partial charge in [0.05, 0.1) is 18.4 Å². The van der Waals surface area contributed by atoms with Crippen LogP contribution in [-0.2, 0) is 14.9 Å². The fourth-order valence-corrected chi connectivity index (χ4v) is 7.81. The molecule has 0 radical (unpaired) electrons. The molecule has 0 N–H and O–H groups in total. The molecule has 0 saturated heterocycles. The molecule has 0 amide bonds. The molecule has 0 spiro atoms. The van der Waals surface area contributed by atoms with Gasteiger partial charge in [-0.1, -0.05) is 116 Å². The highest BCUT2D eigenvalue weighted by atomic mass is 19.1. The lowest BCUT2D eigenvalue weighted by Crippen LogP contribution is -2.32. The Morgan fingerprint density at radius 2 is 1.33 bits per heavy atom. The van der Waals surface area contributed by atoms with E-state index in [9.17, 15) is 9.18 Å². The standard InChI is InChI=1S/C40H37FO2/c1-6-43-33(42)25-40-32-20-14-13-19-31(32)35(29-21-23-30(41)24-22-29)37(40)36(26(2)3)39(4,5)38(40)34(27-15-9-7-10-16-27)28-17-11-8-12-18-28/h7-24H,6,25H2,1-5H3. The number of rotatable bonds is 6. The van der Waals surface area contributed by atoms with E-state index in [1.807, 2.05) is 37.3 Å². The molecular weight excluding hydrogens is 531 g/mol. The number of fused-ring (bicyclic) bond motifs is 3. The Morgan fingerprint density at radius 1 is 0.767 bits per heavy atom. The molecule has 2 nitrogen and oxygen atoms in total. The first kappa shape index (κ1) is 28.6. The SMILES string of the molecule is CCOC(=O)CC12C(=C(c3ccc(F)cc3)c3ccccc31)C(=C(C)C)C(C)(C)C2=C(c1ccccc1)c1ccccc1. The first-order valence-electron chi connectivity index (χ1n) is 15.0. The summed E-state index contributed by atoms with van der Waals surface area (Å²) in [6, 6.07) is 36.2. The maximum atomic E-state index is 14.2. The summed E-state index contributed by atoms with van der Waals surface area (Å²) < 4.78 is 20.0. The van der Waals surface area contributed by atoms with Crippen LogP contribution >= 0.6 is 0 Å². The minimum absolute atomic E-state index is 0.163. The largest absolute Gasteiger partial charge is 0.466 e. The Morgan fingerprint density at radius 3 is 1.88 bits per heavy atom. The number of carbonyl (C=O) groups is 1. The van der Waals surface area contributed by atoms with Crippen LogP contribution in [0.25, 0.3) is 11.1 Å². The van der Waals surface area contributed by atoms with E-state index in [2.05, 4.69) is 94.4 Å². The number of carbonyl (C=O) groups excluding carboxylic acids is 1. The third-order valence-electron chi connectivity index (χ3n) is 8.98. The van der Waals surface area contributed by atoms with E-state index < -0.39 is 10.8 Å². The molecule has 0 aromatic heterocycles. The topological polar surface area (TPSA) is 26.3 Å². The van der Waals surface area contributed by atoms with Crippen molar-refractivity contribution in [2.45, 2.75) is 46.5 Å². The molecule has 2 aliphatic rings. The van der Waals surface area contributed by atoms with E-state index in [0.717, 1.165) is 44.5 Å². The quantitative estimate of drug-likeness (QED) is 0.216. The monoisotopic (exact) mass is 568 g/mol. The predicted octanol–water partition coefficient (Wildman–Crippen LogP) is 9.71. The lowest BCUT2D eigenvalue weighted by atomic mass is 9.66. The number of benzene rings is 4. The van der Waals surface area contributed by atoms with Crippen LogP contribution in [0, 0.1) is 11.2 Å². The maximum Gasteiger partial charge on any atom is 0.307 e. The van der Waals surface area contributed by atoms with Crippen LogP contribution in [0.1, 0.15) is 68.9 Å². The van der Waals surface area contributed by atoms with Gasteiger partial charge in [-0.05, 0) is 88.6 Å². The summed E-state index contributed by atoms with van der Waals surface area (Å²) in [4.78, 5) is 13.8.